The number of aromatic nitrogens is 2. The Morgan fingerprint density at radius 2 is 1.83 bits per heavy atom. The normalized spacial score (nSPS) is 11.8. The SMILES string of the molecule is Fc1cc(C(F)(Cl)Cl)nc(F)n1. The molecule has 0 aromatic carbocycles. The smallest absolute Gasteiger partial charge is 0.201 e. The summed E-state index contributed by atoms with van der Waals surface area (Å²) in [5.41, 5.74) is -0.768. The van der Waals surface area contributed by atoms with Crippen molar-refractivity contribution in [1.82, 2.24) is 9.97 Å². The lowest BCUT2D eigenvalue weighted by Crippen LogP contribution is -2.08. The average Bonchev–Trinajstić information content (AvgIpc) is 1.82. The van der Waals surface area contributed by atoms with Crippen LogP contribution in [0.3, 0.4) is 0 Å². The van der Waals surface area contributed by atoms with E-state index in [4.69, 9.17) is 23.2 Å². The molecule has 12 heavy (non-hydrogen) atoms. The van der Waals surface area contributed by atoms with Gasteiger partial charge in [-0.3, -0.25) is 0 Å². The largest absolute Gasteiger partial charge is 0.311 e. The van der Waals surface area contributed by atoms with Crippen molar-refractivity contribution >= 4 is 23.2 Å². The molecule has 0 atom stereocenters. The summed E-state index contributed by atoms with van der Waals surface area (Å²) in [5, 5.41) is 0. The quantitative estimate of drug-likeness (QED) is 0.409. The van der Waals surface area contributed by atoms with E-state index >= 15 is 0 Å². The molecular formula is C5HCl2F3N2. The number of alkyl halides is 3. The molecule has 0 aliphatic rings. The lowest BCUT2D eigenvalue weighted by molar-refractivity contribution is 0.379. The van der Waals surface area contributed by atoms with Crippen molar-refractivity contribution in [3.8, 4) is 0 Å². The highest BCUT2D eigenvalue weighted by Crippen LogP contribution is 2.33. The van der Waals surface area contributed by atoms with Gasteiger partial charge in [0.25, 0.3) is 4.59 Å². The second-order valence-corrected chi connectivity index (χ2v) is 3.08. The van der Waals surface area contributed by atoms with Crippen LogP contribution in [0.15, 0.2) is 6.07 Å². The molecule has 7 heteroatoms. The van der Waals surface area contributed by atoms with E-state index in [0.29, 0.717) is 6.07 Å². The lowest BCUT2D eigenvalue weighted by atomic mass is 10.4. The Balaban J connectivity index is 3.18. The molecule has 2 nitrogen and oxygen atoms in total. The fourth-order valence-corrected chi connectivity index (χ4v) is 0.729. The summed E-state index contributed by atoms with van der Waals surface area (Å²) in [6, 6.07) is 0.503. The molecule has 0 unspecified atom stereocenters. The highest BCUT2D eigenvalue weighted by molar-refractivity contribution is 6.46. The van der Waals surface area contributed by atoms with Gasteiger partial charge in [-0.25, -0.2) is 9.37 Å². The zero-order valence-corrected chi connectivity index (χ0v) is 6.87. The van der Waals surface area contributed by atoms with Gasteiger partial charge in [-0.2, -0.15) is 13.8 Å². The maximum atomic E-state index is 12.6. The molecule has 0 spiro atoms. The van der Waals surface area contributed by atoms with Crippen LogP contribution in [-0.4, -0.2) is 9.97 Å². The summed E-state index contributed by atoms with van der Waals surface area (Å²) in [4.78, 5) is 5.47. The highest BCUT2D eigenvalue weighted by atomic mass is 35.5. The third-order valence-electron chi connectivity index (χ3n) is 0.958. The van der Waals surface area contributed by atoms with E-state index < -0.39 is 22.3 Å². The van der Waals surface area contributed by atoms with Crippen molar-refractivity contribution in [3.05, 3.63) is 23.8 Å². The van der Waals surface area contributed by atoms with Crippen LogP contribution >= 0.6 is 23.2 Å². The van der Waals surface area contributed by atoms with Gasteiger partial charge in [-0.1, -0.05) is 23.2 Å². The maximum absolute atomic E-state index is 12.6. The number of hydrogen-bond acceptors (Lipinski definition) is 2. The van der Waals surface area contributed by atoms with E-state index in [-0.39, 0.29) is 0 Å². The van der Waals surface area contributed by atoms with Gasteiger partial charge in [-0.15, -0.1) is 0 Å². The maximum Gasteiger partial charge on any atom is 0.311 e. The van der Waals surface area contributed by atoms with Crippen LogP contribution < -0.4 is 0 Å². The molecule has 0 bridgehead atoms. The second-order valence-electron chi connectivity index (χ2n) is 1.84. The molecule has 1 heterocycles. The van der Waals surface area contributed by atoms with Gasteiger partial charge in [0.05, 0.1) is 0 Å². The minimum Gasteiger partial charge on any atom is -0.201 e. The Labute approximate surface area is 75.3 Å². The van der Waals surface area contributed by atoms with Gasteiger partial charge < -0.3 is 0 Å². The molecule has 1 aromatic rings. The molecular weight excluding hydrogens is 216 g/mol. The van der Waals surface area contributed by atoms with Crippen molar-refractivity contribution in [2.75, 3.05) is 0 Å². The summed E-state index contributed by atoms with van der Waals surface area (Å²) in [7, 11) is 0. The Kier molecular flexibility index (Phi) is 2.44. The molecule has 0 fully saturated rings. The van der Waals surface area contributed by atoms with Crippen molar-refractivity contribution in [1.29, 1.82) is 0 Å². The van der Waals surface area contributed by atoms with Gasteiger partial charge in [0, 0.05) is 6.07 Å². The first kappa shape index (κ1) is 9.54. The molecule has 0 radical (unpaired) electrons. The van der Waals surface area contributed by atoms with Crippen molar-refractivity contribution in [3.63, 3.8) is 0 Å². The molecule has 0 aliphatic carbocycles. The first-order valence-corrected chi connectivity index (χ1v) is 3.42. The Morgan fingerprint density at radius 3 is 2.25 bits per heavy atom. The van der Waals surface area contributed by atoms with Crippen LogP contribution in [-0.2, 0) is 4.59 Å². The third-order valence-corrected chi connectivity index (χ3v) is 1.35. The minimum absolute atomic E-state index is 0.503. The van der Waals surface area contributed by atoms with E-state index in [0.717, 1.165) is 0 Å². The van der Waals surface area contributed by atoms with Crippen molar-refractivity contribution in [2.24, 2.45) is 0 Å². The highest BCUT2D eigenvalue weighted by Gasteiger charge is 2.28. The fraction of sp³-hybridized carbons (Fsp3) is 0.200. The first-order chi connectivity index (χ1) is 5.39. The van der Waals surface area contributed by atoms with Crippen LogP contribution in [0.2, 0.25) is 0 Å². The van der Waals surface area contributed by atoms with Crippen LogP contribution in [0.1, 0.15) is 5.69 Å². The summed E-state index contributed by atoms with van der Waals surface area (Å²) >= 11 is 9.76. The van der Waals surface area contributed by atoms with Crippen molar-refractivity contribution < 1.29 is 13.2 Å². The monoisotopic (exact) mass is 216 g/mol. The Morgan fingerprint density at radius 1 is 1.25 bits per heavy atom. The van der Waals surface area contributed by atoms with E-state index in [2.05, 4.69) is 9.97 Å². The fourth-order valence-electron chi connectivity index (χ4n) is 0.535. The van der Waals surface area contributed by atoms with Crippen LogP contribution in [0, 0.1) is 12.0 Å². The minimum atomic E-state index is -2.91. The summed E-state index contributed by atoms with van der Waals surface area (Å²) < 4.78 is 34.2. The van der Waals surface area contributed by atoms with Gasteiger partial charge >= 0.3 is 6.08 Å². The van der Waals surface area contributed by atoms with Gasteiger partial charge in [0.2, 0.25) is 5.95 Å². The summed E-state index contributed by atoms with van der Waals surface area (Å²) in [6.07, 6.45) is -1.42. The molecule has 0 saturated carbocycles. The van der Waals surface area contributed by atoms with E-state index in [9.17, 15) is 13.2 Å². The topological polar surface area (TPSA) is 25.8 Å². The molecule has 0 amide bonds. The predicted molar refractivity (Wildman–Crippen MR) is 36.4 cm³/mol. The molecule has 1 rings (SSSR count). The first-order valence-electron chi connectivity index (χ1n) is 2.67. The lowest BCUT2D eigenvalue weighted by Gasteiger charge is -2.06. The van der Waals surface area contributed by atoms with Gasteiger partial charge in [-0.05, 0) is 0 Å². The van der Waals surface area contributed by atoms with Gasteiger partial charge in [0.15, 0.2) is 0 Å². The van der Waals surface area contributed by atoms with E-state index in [1.165, 1.54) is 0 Å². The number of hydrogen-bond donors (Lipinski definition) is 0. The van der Waals surface area contributed by atoms with Crippen LogP contribution in [0.25, 0.3) is 0 Å². The Hall–Kier alpha value is -0.550. The number of halogens is 5. The standard InChI is InChI=1S/C5HCl2F3N2/c6-5(7,10)2-1-3(8)12-4(9)11-2/h1H. The number of rotatable bonds is 1. The van der Waals surface area contributed by atoms with Crippen LogP contribution in [0.4, 0.5) is 13.2 Å². The van der Waals surface area contributed by atoms with Crippen molar-refractivity contribution in [2.45, 2.75) is 4.59 Å². The summed E-state index contributed by atoms with van der Waals surface area (Å²) in [6.45, 7) is 0. The van der Waals surface area contributed by atoms with E-state index in [1.54, 1.807) is 0 Å². The molecule has 1 aromatic heterocycles. The average molecular weight is 217 g/mol. The Bertz CT molecular complexity index is 279. The third kappa shape index (κ3) is 2.22. The van der Waals surface area contributed by atoms with E-state index in [1.807, 2.05) is 0 Å². The zero-order valence-electron chi connectivity index (χ0n) is 5.36. The molecule has 66 valence electrons. The second kappa shape index (κ2) is 3.06. The molecule has 0 aliphatic heterocycles. The van der Waals surface area contributed by atoms with Gasteiger partial charge in [0.1, 0.15) is 5.69 Å². The zero-order chi connectivity index (χ0) is 9.35. The number of nitrogens with zero attached hydrogens (tertiary/aromatic N) is 2. The molecule has 0 saturated heterocycles. The van der Waals surface area contributed by atoms with Crippen LogP contribution in [0.5, 0.6) is 0 Å². The summed E-state index contributed by atoms with van der Waals surface area (Å²) in [5.74, 6) is -1.24. The molecule has 0 N–H and O–H groups in total. The predicted octanol–water partition coefficient (Wildman–Crippen LogP) is 2.31.